The summed E-state index contributed by atoms with van der Waals surface area (Å²) in [5.74, 6) is 0.0561. The number of carbonyl (C=O) groups excluding carboxylic acids is 1. The van der Waals surface area contributed by atoms with Crippen LogP contribution in [0.5, 0.6) is 0 Å². The van der Waals surface area contributed by atoms with Gasteiger partial charge in [-0.25, -0.2) is 0 Å². The number of para-hydroxylation sites is 1. The third kappa shape index (κ3) is 4.71. The molecule has 4 nitrogen and oxygen atoms in total. The van der Waals surface area contributed by atoms with Gasteiger partial charge in [0.2, 0.25) is 5.91 Å². The number of rotatable bonds is 4. The van der Waals surface area contributed by atoms with E-state index >= 15 is 0 Å². The van der Waals surface area contributed by atoms with Crippen LogP contribution in [0, 0.1) is 0 Å². The predicted molar refractivity (Wildman–Crippen MR) is 95.9 cm³/mol. The molecule has 0 atom stereocenters. The normalized spacial score (nSPS) is 13.5. The molecule has 1 heterocycles. The van der Waals surface area contributed by atoms with Crippen molar-refractivity contribution in [2.24, 2.45) is 0 Å². The first-order chi connectivity index (χ1) is 10.8. The summed E-state index contributed by atoms with van der Waals surface area (Å²) in [4.78, 5) is 14.4. The summed E-state index contributed by atoms with van der Waals surface area (Å²) in [5, 5.41) is 6.39. The van der Waals surface area contributed by atoms with Crippen LogP contribution in [0.25, 0.3) is 0 Å². The number of carbonyl (C=O) groups is 1. The third-order valence-electron chi connectivity index (χ3n) is 3.87. The summed E-state index contributed by atoms with van der Waals surface area (Å²) in [6.07, 6.45) is 0. The van der Waals surface area contributed by atoms with Crippen LogP contribution < -0.4 is 15.5 Å². The minimum atomic E-state index is 0. The van der Waals surface area contributed by atoms with E-state index in [1.165, 1.54) is 5.56 Å². The number of benzene rings is 2. The van der Waals surface area contributed by atoms with E-state index in [0.717, 1.165) is 30.9 Å². The van der Waals surface area contributed by atoms with Gasteiger partial charge in [0.15, 0.2) is 0 Å². The van der Waals surface area contributed by atoms with Gasteiger partial charge in [0.1, 0.15) is 0 Å². The molecule has 0 radical (unpaired) electrons. The molecule has 23 heavy (non-hydrogen) atoms. The number of nitrogens with one attached hydrogen (secondary N) is 2. The molecule has 2 aromatic carbocycles. The summed E-state index contributed by atoms with van der Waals surface area (Å²) in [7, 11) is 0. The van der Waals surface area contributed by atoms with E-state index < -0.39 is 0 Å². The average Bonchev–Trinajstić information content (AvgIpc) is 2.77. The van der Waals surface area contributed by atoms with Gasteiger partial charge in [-0.05, 0) is 17.2 Å². The second-order valence-electron chi connectivity index (χ2n) is 5.49. The molecular weight excluding hydrogens is 310 g/mol. The Hall–Kier alpha value is -2.04. The first kappa shape index (κ1) is 17.3. The quantitative estimate of drug-likeness (QED) is 0.904. The highest BCUT2D eigenvalue weighted by Crippen LogP contribution is 2.21. The zero-order chi connectivity index (χ0) is 15.2. The summed E-state index contributed by atoms with van der Waals surface area (Å²) >= 11 is 0. The van der Waals surface area contributed by atoms with Crippen LogP contribution in [0.15, 0.2) is 54.6 Å². The Balaban J connectivity index is 0.00000192. The molecule has 1 aliphatic heterocycles. The Morgan fingerprint density at radius 1 is 1.09 bits per heavy atom. The number of halogens is 1. The monoisotopic (exact) mass is 331 g/mol. The zero-order valence-corrected chi connectivity index (χ0v) is 13.8. The molecule has 122 valence electrons. The van der Waals surface area contributed by atoms with Gasteiger partial charge in [-0.15, -0.1) is 12.4 Å². The van der Waals surface area contributed by atoms with Crippen LogP contribution in [0.1, 0.15) is 11.1 Å². The van der Waals surface area contributed by atoms with Crippen LogP contribution in [0.2, 0.25) is 0 Å². The Bertz CT molecular complexity index is 633. The third-order valence-corrected chi connectivity index (χ3v) is 3.87. The largest absolute Gasteiger partial charge is 0.361 e. The Morgan fingerprint density at radius 2 is 1.83 bits per heavy atom. The number of amides is 1. The molecule has 3 rings (SSSR count). The SMILES string of the molecule is Cl.O=C(CN1CCNCc2ccccc21)NCc1ccccc1. The summed E-state index contributed by atoms with van der Waals surface area (Å²) in [5.41, 5.74) is 3.52. The van der Waals surface area contributed by atoms with Crippen LogP contribution in [0.4, 0.5) is 5.69 Å². The second-order valence-corrected chi connectivity index (χ2v) is 5.49. The smallest absolute Gasteiger partial charge is 0.239 e. The molecule has 0 saturated carbocycles. The van der Waals surface area contributed by atoms with Crippen LogP contribution in [0.3, 0.4) is 0 Å². The van der Waals surface area contributed by atoms with Crippen molar-refractivity contribution in [2.75, 3.05) is 24.5 Å². The van der Waals surface area contributed by atoms with E-state index in [-0.39, 0.29) is 18.3 Å². The molecule has 0 aliphatic carbocycles. The van der Waals surface area contributed by atoms with Gasteiger partial charge in [0.25, 0.3) is 0 Å². The van der Waals surface area contributed by atoms with Crippen molar-refractivity contribution in [2.45, 2.75) is 13.1 Å². The number of fused-ring (bicyclic) bond motifs is 1. The summed E-state index contributed by atoms with van der Waals surface area (Å²) < 4.78 is 0. The number of hydrogen-bond acceptors (Lipinski definition) is 3. The lowest BCUT2D eigenvalue weighted by Crippen LogP contribution is -2.39. The number of anilines is 1. The van der Waals surface area contributed by atoms with Gasteiger partial charge in [-0.2, -0.15) is 0 Å². The highest BCUT2D eigenvalue weighted by molar-refractivity contribution is 5.85. The van der Waals surface area contributed by atoms with Crippen molar-refractivity contribution in [3.8, 4) is 0 Å². The van der Waals surface area contributed by atoms with Gasteiger partial charge in [-0.1, -0.05) is 48.5 Å². The van der Waals surface area contributed by atoms with E-state index in [0.29, 0.717) is 13.1 Å². The molecule has 0 saturated heterocycles. The van der Waals surface area contributed by atoms with Gasteiger partial charge in [0.05, 0.1) is 6.54 Å². The van der Waals surface area contributed by atoms with Gasteiger partial charge in [0, 0.05) is 31.9 Å². The zero-order valence-electron chi connectivity index (χ0n) is 13.0. The van der Waals surface area contributed by atoms with Crippen LogP contribution in [-0.2, 0) is 17.9 Å². The maximum atomic E-state index is 12.2. The lowest BCUT2D eigenvalue weighted by molar-refractivity contribution is -0.119. The molecule has 5 heteroatoms. The van der Waals surface area contributed by atoms with Crippen molar-refractivity contribution in [1.82, 2.24) is 10.6 Å². The summed E-state index contributed by atoms with van der Waals surface area (Å²) in [6, 6.07) is 18.3. The summed E-state index contributed by atoms with van der Waals surface area (Å²) in [6.45, 7) is 3.56. The maximum absolute atomic E-state index is 12.2. The first-order valence-corrected chi connectivity index (χ1v) is 7.67. The van der Waals surface area contributed by atoms with E-state index in [2.05, 4.69) is 27.7 Å². The van der Waals surface area contributed by atoms with Crippen molar-refractivity contribution in [1.29, 1.82) is 0 Å². The van der Waals surface area contributed by atoms with Crippen LogP contribution >= 0.6 is 12.4 Å². The minimum Gasteiger partial charge on any atom is -0.361 e. The van der Waals surface area contributed by atoms with Gasteiger partial charge in [-0.3, -0.25) is 4.79 Å². The van der Waals surface area contributed by atoms with E-state index in [4.69, 9.17) is 0 Å². The number of nitrogens with zero attached hydrogens (tertiary/aromatic N) is 1. The van der Waals surface area contributed by atoms with E-state index in [1.807, 2.05) is 42.5 Å². The highest BCUT2D eigenvalue weighted by Gasteiger charge is 2.16. The Kier molecular flexibility index (Phi) is 6.44. The predicted octanol–water partition coefficient (Wildman–Crippen LogP) is 2.33. The lowest BCUT2D eigenvalue weighted by Gasteiger charge is -2.23. The molecule has 0 fully saturated rings. The van der Waals surface area contributed by atoms with Crippen molar-refractivity contribution in [3.05, 3.63) is 65.7 Å². The van der Waals surface area contributed by atoms with Gasteiger partial charge < -0.3 is 15.5 Å². The highest BCUT2D eigenvalue weighted by atomic mass is 35.5. The number of hydrogen-bond donors (Lipinski definition) is 2. The molecule has 0 spiro atoms. The van der Waals surface area contributed by atoms with E-state index in [9.17, 15) is 4.79 Å². The molecule has 1 amide bonds. The second kappa shape index (κ2) is 8.56. The van der Waals surface area contributed by atoms with Crippen molar-refractivity contribution < 1.29 is 4.79 Å². The Labute approximate surface area is 143 Å². The lowest BCUT2D eigenvalue weighted by atomic mass is 10.1. The van der Waals surface area contributed by atoms with Crippen LogP contribution in [-0.4, -0.2) is 25.5 Å². The molecule has 2 aromatic rings. The minimum absolute atomic E-state index is 0. The average molecular weight is 332 g/mol. The molecule has 0 aromatic heterocycles. The molecule has 0 bridgehead atoms. The molecule has 0 unspecified atom stereocenters. The fourth-order valence-corrected chi connectivity index (χ4v) is 2.72. The fourth-order valence-electron chi connectivity index (χ4n) is 2.72. The molecule has 1 aliphatic rings. The van der Waals surface area contributed by atoms with Gasteiger partial charge >= 0.3 is 0 Å². The first-order valence-electron chi connectivity index (χ1n) is 7.67. The maximum Gasteiger partial charge on any atom is 0.239 e. The van der Waals surface area contributed by atoms with Crippen molar-refractivity contribution in [3.63, 3.8) is 0 Å². The van der Waals surface area contributed by atoms with Crippen molar-refractivity contribution >= 4 is 24.0 Å². The fraction of sp³-hybridized carbons (Fsp3) is 0.278. The standard InChI is InChI=1S/C18H21N3O.ClH/c22-18(20-12-15-6-2-1-3-7-15)14-21-11-10-19-13-16-8-4-5-9-17(16)21;/h1-9,19H,10-14H2,(H,20,22);1H. The molecular formula is C18H22ClN3O. The topological polar surface area (TPSA) is 44.4 Å². The molecule has 2 N–H and O–H groups in total. The van der Waals surface area contributed by atoms with E-state index in [1.54, 1.807) is 0 Å². The Morgan fingerprint density at radius 3 is 2.65 bits per heavy atom.